The molecule has 2 aromatic rings. The minimum absolute atomic E-state index is 0.0421. The van der Waals surface area contributed by atoms with Crippen molar-refractivity contribution in [2.75, 3.05) is 13.2 Å². The topological polar surface area (TPSA) is 21.3 Å². The van der Waals surface area contributed by atoms with E-state index < -0.39 is 0 Å². The molecule has 0 bridgehead atoms. The maximum Gasteiger partial charge on any atom is 0.123 e. The fourth-order valence-corrected chi connectivity index (χ4v) is 4.14. The lowest BCUT2D eigenvalue weighted by Crippen LogP contribution is -2.46. The molecule has 2 aromatic carbocycles. The van der Waals surface area contributed by atoms with Gasteiger partial charge in [-0.2, -0.15) is 0 Å². The molecule has 2 atom stereocenters. The average molecular weight is 355 g/mol. The first-order valence-corrected chi connectivity index (χ1v) is 9.70. The van der Waals surface area contributed by atoms with E-state index in [1.165, 1.54) is 11.1 Å². The molecule has 1 fully saturated rings. The van der Waals surface area contributed by atoms with Crippen LogP contribution < -0.4 is 5.32 Å². The molecule has 1 heterocycles. The van der Waals surface area contributed by atoms with Crippen molar-refractivity contribution in [3.8, 4) is 0 Å². The first-order valence-electron chi connectivity index (χ1n) is 9.70. The van der Waals surface area contributed by atoms with E-state index in [4.69, 9.17) is 4.74 Å². The van der Waals surface area contributed by atoms with Crippen LogP contribution in [0.5, 0.6) is 0 Å². The van der Waals surface area contributed by atoms with Gasteiger partial charge < -0.3 is 10.1 Å². The molecule has 0 aliphatic carbocycles. The molecule has 1 saturated heterocycles. The highest BCUT2D eigenvalue weighted by atomic mass is 19.1. The molecule has 0 radical (unpaired) electrons. The van der Waals surface area contributed by atoms with Gasteiger partial charge in [-0.25, -0.2) is 4.39 Å². The predicted molar refractivity (Wildman–Crippen MR) is 105 cm³/mol. The number of halogens is 1. The fraction of sp³-hybridized carbons (Fsp3) is 0.478. The van der Waals surface area contributed by atoms with Crippen LogP contribution in [0.15, 0.2) is 54.6 Å². The zero-order valence-corrected chi connectivity index (χ0v) is 15.9. The van der Waals surface area contributed by atoms with Gasteiger partial charge >= 0.3 is 0 Å². The summed E-state index contributed by atoms with van der Waals surface area (Å²) >= 11 is 0. The fourth-order valence-electron chi connectivity index (χ4n) is 4.14. The summed E-state index contributed by atoms with van der Waals surface area (Å²) in [5.41, 5.74) is 2.48. The summed E-state index contributed by atoms with van der Waals surface area (Å²) in [5, 5.41) is 3.59. The van der Waals surface area contributed by atoms with Gasteiger partial charge in [0.2, 0.25) is 0 Å². The summed E-state index contributed by atoms with van der Waals surface area (Å²) in [6.07, 6.45) is 3.99. The van der Waals surface area contributed by atoms with Crippen molar-refractivity contribution in [2.45, 2.75) is 57.1 Å². The first kappa shape index (κ1) is 19.1. The molecule has 0 saturated carbocycles. The molecule has 1 aliphatic rings. The third-order valence-electron chi connectivity index (χ3n) is 5.90. The Hall–Kier alpha value is -1.71. The van der Waals surface area contributed by atoms with E-state index in [1.54, 1.807) is 12.1 Å². The Morgan fingerprint density at radius 3 is 2.50 bits per heavy atom. The van der Waals surface area contributed by atoms with Crippen LogP contribution in [0.1, 0.15) is 50.7 Å². The van der Waals surface area contributed by atoms with Crippen molar-refractivity contribution < 1.29 is 9.13 Å². The van der Waals surface area contributed by atoms with Gasteiger partial charge in [0.1, 0.15) is 5.82 Å². The van der Waals surface area contributed by atoms with Gasteiger partial charge in [0.05, 0.1) is 5.60 Å². The third kappa shape index (κ3) is 4.52. The zero-order valence-electron chi connectivity index (χ0n) is 15.9. The lowest BCUT2D eigenvalue weighted by Gasteiger charge is -2.47. The Morgan fingerprint density at radius 2 is 1.81 bits per heavy atom. The van der Waals surface area contributed by atoms with Crippen molar-refractivity contribution in [1.29, 1.82) is 0 Å². The largest absolute Gasteiger partial charge is 0.375 e. The van der Waals surface area contributed by atoms with E-state index in [0.717, 1.165) is 45.4 Å². The molecule has 26 heavy (non-hydrogen) atoms. The van der Waals surface area contributed by atoms with Crippen LogP contribution in [0, 0.1) is 5.82 Å². The monoisotopic (exact) mass is 355 g/mol. The highest BCUT2D eigenvalue weighted by Gasteiger charge is 2.43. The maximum absolute atomic E-state index is 13.5. The van der Waals surface area contributed by atoms with Gasteiger partial charge in [-0.3, -0.25) is 0 Å². The SMILES string of the molecule is CC[C@]1(C)C[C@@](CCNCc2ccccc2)(c2ccc(F)cc2)CCO1. The van der Waals surface area contributed by atoms with Gasteiger partial charge in [-0.05, 0) is 62.4 Å². The van der Waals surface area contributed by atoms with Crippen molar-refractivity contribution in [1.82, 2.24) is 5.32 Å². The van der Waals surface area contributed by atoms with Gasteiger partial charge in [0, 0.05) is 18.6 Å². The minimum Gasteiger partial charge on any atom is -0.375 e. The minimum atomic E-state index is -0.170. The maximum atomic E-state index is 13.5. The van der Waals surface area contributed by atoms with Crippen LogP contribution in [-0.2, 0) is 16.7 Å². The molecular weight excluding hydrogens is 325 g/mol. The van der Waals surface area contributed by atoms with Crippen LogP contribution in [-0.4, -0.2) is 18.8 Å². The van der Waals surface area contributed by atoms with Crippen molar-refractivity contribution in [3.05, 3.63) is 71.5 Å². The standard InChI is InChI=1S/C23H30FNO/c1-3-22(2)18-23(14-16-26-22,20-9-11-21(24)12-10-20)13-15-25-17-19-7-5-4-6-8-19/h4-12,25H,3,13-18H2,1-2H3/t22-,23+/m1/s1. The number of hydrogen-bond donors (Lipinski definition) is 1. The van der Waals surface area contributed by atoms with Crippen LogP contribution in [0.25, 0.3) is 0 Å². The summed E-state index contributed by atoms with van der Waals surface area (Å²) in [6, 6.07) is 17.6. The smallest absolute Gasteiger partial charge is 0.123 e. The molecule has 3 rings (SSSR count). The molecule has 0 amide bonds. The Morgan fingerprint density at radius 1 is 1.08 bits per heavy atom. The summed E-state index contributed by atoms with van der Waals surface area (Å²) in [6.45, 7) is 6.98. The van der Waals surface area contributed by atoms with Gasteiger partial charge in [0.25, 0.3) is 0 Å². The summed E-state index contributed by atoms with van der Waals surface area (Å²) in [4.78, 5) is 0. The second kappa shape index (κ2) is 8.32. The quantitative estimate of drug-likeness (QED) is 0.687. The average Bonchev–Trinajstić information content (AvgIpc) is 2.67. The Labute approximate surface area is 156 Å². The predicted octanol–water partition coefficient (Wildman–Crippen LogP) is 5.22. The van der Waals surface area contributed by atoms with E-state index in [-0.39, 0.29) is 16.8 Å². The summed E-state index contributed by atoms with van der Waals surface area (Å²) in [7, 11) is 0. The Kier molecular flexibility index (Phi) is 6.10. The summed E-state index contributed by atoms with van der Waals surface area (Å²) < 4.78 is 19.6. The first-order chi connectivity index (χ1) is 12.6. The zero-order chi connectivity index (χ0) is 18.5. The summed E-state index contributed by atoms with van der Waals surface area (Å²) in [5.74, 6) is -0.170. The third-order valence-corrected chi connectivity index (χ3v) is 5.90. The van der Waals surface area contributed by atoms with Crippen LogP contribution in [0.2, 0.25) is 0 Å². The van der Waals surface area contributed by atoms with E-state index in [2.05, 4.69) is 43.4 Å². The van der Waals surface area contributed by atoms with Crippen molar-refractivity contribution in [2.24, 2.45) is 0 Å². The Balaban J connectivity index is 1.72. The number of nitrogens with one attached hydrogen (secondary N) is 1. The molecule has 140 valence electrons. The molecular formula is C23H30FNO. The van der Waals surface area contributed by atoms with E-state index in [0.29, 0.717) is 0 Å². The second-order valence-electron chi connectivity index (χ2n) is 7.78. The van der Waals surface area contributed by atoms with Crippen LogP contribution >= 0.6 is 0 Å². The lowest BCUT2D eigenvalue weighted by atomic mass is 9.66. The van der Waals surface area contributed by atoms with Crippen LogP contribution in [0.3, 0.4) is 0 Å². The highest BCUT2D eigenvalue weighted by molar-refractivity contribution is 5.28. The van der Waals surface area contributed by atoms with E-state index in [1.807, 2.05) is 18.2 Å². The van der Waals surface area contributed by atoms with Gasteiger partial charge in [-0.15, -0.1) is 0 Å². The number of rotatable bonds is 7. The molecule has 3 heteroatoms. The molecule has 1 aliphatic heterocycles. The number of benzene rings is 2. The highest BCUT2D eigenvalue weighted by Crippen LogP contribution is 2.45. The molecule has 0 spiro atoms. The molecule has 0 aromatic heterocycles. The number of ether oxygens (including phenoxy) is 1. The normalized spacial score (nSPS) is 26.0. The van der Waals surface area contributed by atoms with Crippen LogP contribution in [0.4, 0.5) is 4.39 Å². The molecule has 0 unspecified atom stereocenters. The van der Waals surface area contributed by atoms with Gasteiger partial charge in [0.15, 0.2) is 0 Å². The van der Waals surface area contributed by atoms with Crippen molar-refractivity contribution >= 4 is 0 Å². The Bertz CT molecular complexity index is 687. The number of hydrogen-bond acceptors (Lipinski definition) is 2. The van der Waals surface area contributed by atoms with E-state index in [9.17, 15) is 4.39 Å². The van der Waals surface area contributed by atoms with Gasteiger partial charge in [-0.1, -0.05) is 49.4 Å². The molecule has 2 nitrogen and oxygen atoms in total. The second-order valence-corrected chi connectivity index (χ2v) is 7.78. The van der Waals surface area contributed by atoms with Crippen molar-refractivity contribution in [3.63, 3.8) is 0 Å². The van der Waals surface area contributed by atoms with E-state index >= 15 is 0 Å². The molecule has 1 N–H and O–H groups in total. The lowest BCUT2D eigenvalue weighted by molar-refractivity contribution is -0.0979.